The standard InChI is InChI=1S/C24H30N2O/c1-26-14-13-24-12-6-5-7-19(24)22(26)15-17-10-11-18(16-20(17)24)25-21-8-3-4-9-23(21)27-2/h3-4,8-11,16,19,22,25H,5-7,12-15H2,1-2H3/t19-,22+,24+/m0/s1. The van der Waals surface area contributed by atoms with Gasteiger partial charge in [0.25, 0.3) is 0 Å². The lowest BCUT2D eigenvalue weighted by atomic mass is 9.52. The number of para-hydroxylation sites is 2. The highest BCUT2D eigenvalue weighted by Gasteiger charge is 2.52. The van der Waals surface area contributed by atoms with E-state index in [0.717, 1.165) is 23.4 Å². The number of benzene rings is 2. The molecule has 3 aliphatic rings. The van der Waals surface area contributed by atoms with E-state index < -0.39 is 0 Å². The number of ether oxygens (including phenoxy) is 1. The van der Waals surface area contributed by atoms with Crippen LogP contribution in [0.1, 0.15) is 43.2 Å². The molecule has 2 aromatic rings. The molecule has 2 aromatic carbocycles. The van der Waals surface area contributed by atoms with E-state index in [4.69, 9.17) is 4.74 Å². The number of likely N-dealkylation sites (N-methyl/N-ethyl adjacent to an activating group) is 1. The number of methoxy groups -OCH3 is 1. The molecule has 2 aliphatic carbocycles. The van der Waals surface area contributed by atoms with Crippen molar-refractivity contribution < 1.29 is 4.74 Å². The predicted molar refractivity (Wildman–Crippen MR) is 111 cm³/mol. The number of hydrogen-bond donors (Lipinski definition) is 1. The predicted octanol–water partition coefficient (Wildman–Crippen LogP) is 5.13. The average molecular weight is 363 g/mol. The zero-order chi connectivity index (χ0) is 18.4. The van der Waals surface area contributed by atoms with E-state index in [1.807, 2.05) is 12.1 Å². The SMILES string of the molecule is COc1ccccc1Nc1ccc2c(c1)[C@@]13CCCC[C@H]1[C@@H](C2)N(C)CC3. The lowest BCUT2D eigenvalue weighted by molar-refractivity contribution is 0.00290. The molecule has 3 atom stereocenters. The number of fused-ring (bicyclic) bond motifs is 1. The van der Waals surface area contributed by atoms with E-state index in [9.17, 15) is 0 Å². The van der Waals surface area contributed by atoms with E-state index in [1.165, 1.54) is 50.8 Å². The summed E-state index contributed by atoms with van der Waals surface area (Å²) in [6.07, 6.45) is 8.09. The van der Waals surface area contributed by atoms with E-state index in [2.05, 4.69) is 47.6 Å². The molecule has 0 unspecified atom stereocenters. The van der Waals surface area contributed by atoms with Gasteiger partial charge in [-0.2, -0.15) is 0 Å². The summed E-state index contributed by atoms with van der Waals surface area (Å²) in [4.78, 5) is 2.64. The molecule has 3 nitrogen and oxygen atoms in total. The summed E-state index contributed by atoms with van der Waals surface area (Å²) in [7, 11) is 4.07. The van der Waals surface area contributed by atoms with Gasteiger partial charge in [0.15, 0.2) is 0 Å². The highest BCUT2D eigenvalue weighted by atomic mass is 16.5. The minimum atomic E-state index is 0.404. The van der Waals surface area contributed by atoms with Gasteiger partial charge in [-0.15, -0.1) is 0 Å². The molecule has 1 saturated heterocycles. The quantitative estimate of drug-likeness (QED) is 0.819. The van der Waals surface area contributed by atoms with Crippen LogP contribution in [0.3, 0.4) is 0 Å². The van der Waals surface area contributed by atoms with Crippen LogP contribution in [0.15, 0.2) is 42.5 Å². The summed E-state index contributed by atoms with van der Waals surface area (Å²) in [6.45, 7) is 1.24. The normalized spacial score (nSPS) is 29.6. The Morgan fingerprint density at radius 3 is 2.89 bits per heavy atom. The van der Waals surface area contributed by atoms with Crippen molar-refractivity contribution >= 4 is 11.4 Å². The molecular weight excluding hydrogens is 332 g/mol. The molecule has 3 heteroatoms. The van der Waals surface area contributed by atoms with Gasteiger partial charge in [0.1, 0.15) is 5.75 Å². The van der Waals surface area contributed by atoms with Gasteiger partial charge in [-0.05, 0) is 80.6 Å². The second kappa shape index (κ2) is 6.56. The molecule has 0 aromatic heterocycles. The first kappa shape index (κ1) is 17.1. The van der Waals surface area contributed by atoms with Crippen molar-refractivity contribution in [3.8, 4) is 5.75 Å². The van der Waals surface area contributed by atoms with Crippen molar-refractivity contribution in [1.82, 2.24) is 4.90 Å². The van der Waals surface area contributed by atoms with Gasteiger partial charge < -0.3 is 15.0 Å². The Balaban J connectivity index is 1.55. The summed E-state index contributed by atoms with van der Waals surface area (Å²) in [5, 5.41) is 3.61. The van der Waals surface area contributed by atoms with Crippen LogP contribution in [0.4, 0.5) is 11.4 Å². The Bertz CT molecular complexity index is 848. The maximum atomic E-state index is 5.52. The topological polar surface area (TPSA) is 24.5 Å². The maximum absolute atomic E-state index is 5.52. The highest BCUT2D eigenvalue weighted by Crippen LogP contribution is 2.55. The first-order valence-electron chi connectivity index (χ1n) is 10.4. The molecule has 0 amide bonds. The first-order chi connectivity index (χ1) is 13.2. The summed E-state index contributed by atoms with van der Waals surface area (Å²) >= 11 is 0. The molecule has 1 heterocycles. The van der Waals surface area contributed by atoms with Gasteiger partial charge in [-0.1, -0.05) is 31.0 Å². The molecular formula is C24H30N2O. The Hall–Kier alpha value is -2.00. The van der Waals surface area contributed by atoms with Crippen LogP contribution >= 0.6 is 0 Å². The minimum absolute atomic E-state index is 0.404. The van der Waals surface area contributed by atoms with Crippen LogP contribution in [0.2, 0.25) is 0 Å². The van der Waals surface area contributed by atoms with Crippen molar-refractivity contribution in [3.05, 3.63) is 53.6 Å². The third kappa shape index (κ3) is 2.67. The zero-order valence-electron chi connectivity index (χ0n) is 16.5. The summed E-state index contributed by atoms with van der Waals surface area (Å²) in [6, 6.07) is 16.0. The Kier molecular flexibility index (Phi) is 4.16. The van der Waals surface area contributed by atoms with Crippen LogP contribution in [-0.2, 0) is 11.8 Å². The number of nitrogens with zero attached hydrogens (tertiary/aromatic N) is 1. The van der Waals surface area contributed by atoms with Gasteiger partial charge in [0.05, 0.1) is 12.8 Å². The summed E-state index contributed by atoms with van der Waals surface area (Å²) < 4.78 is 5.52. The fourth-order valence-electron chi connectivity index (χ4n) is 6.18. The second-order valence-corrected chi connectivity index (χ2v) is 8.71. The largest absolute Gasteiger partial charge is 0.495 e. The molecule has 2 bridgehead atoms. The van der Waals surface area contributed by atoms with Crippen molar-refractivity contribution in [2.75, 3.05) is 26.0 Å². The van der Waals surface area contributed by atoms with Gasteiger partial charge in [-0.3, -0.25) is 0 Å². The van der Waals surface area contributed by atoms with Crippen LogP contribution in [0, 0.1) is 5.92 Å². The monoisotopic (exact) mass is 362 g/mol. The second-order valence-electron chi connectivity index (χ2n) is 8.71. The van der Waals surface area contributed by atoms with Crippen LogP contribution in [0.25, 0.3) is 0 Å². The Morgan fingerprint density at radius 1 is 1.11 bits per heavy atom. The van der Waals surface area contributed by atoms with Gasteiger partial charge in [0, 0.05) is 17.1 Å². The van der Waals surface area contributed by atoms with Gasteiger partial charge in [0.2, 0.25) is 0 Å². The molecule has 5 rings (SSSR count). The van der Waals surface area contributed by atoms with Crippen LogP contribution in [-0.4, -0.2) is 31.6 Å². The number of likely N-dealkylation sites (tertiary alicyclic amines) is 1. The first-order valence-corrected chi connectivity index (χ1v) is 10.4. The van der Waals surface area contributed by atoms with Crippen LogP contribution < -0.4 is 10.1 Å². The number of piperidine rings is 1. The molecule has 142 valence electrons. The summed E-state index contributed by atoms with van der Waals surface area (Å²) in [5.41, 5.74) is 5.84. The number of nitrogens with one attached hydrogen (secondary N) is 1. The van der Waals surface area contributed by atoms with Crippen molar-refractivity contribution in [2.45, 2.75) is 50.0 Å². The minimum Gasteiger partial charge on any atom is -0.495 e. The number of hydrogen-bond acceptors (Lipinski definition) is 3. The molecule has 1 N–H and O–H groups in total. The zero-order valence-corrected chi connectivity index (χ0v) is 16.5. The fourth-order valence-corrected chi connectivity index (χ4v) is 6.18. The number of anilines is 2. The maximum Gasteiger partial charge on any atom is 0.142 e. The van der Waals surface area contributed by atoms with Gasteiger partial charge >= 0.3 is 0 Å². The third-order valence-electron chi connectivity index (χ3n) is 7.50. The smallest absolute Gasteiger partial charge is 0.142 e. The van der Waals surface area contributed by atoms with Crippen molar-refractivity contribution in [1.29, 1.82) is 0 Å². The van der Waals surface area contributed by atoms with Crippen molar-refractivity contribution in [2.24, 2.45) is 5.92 Å². The molecule has 27 heavy (non-hydrogen) atoms. The Labute approximate surface area is 162 Å². The van der Waals surface area contributed by atoms with E-state index in [-0.39, 0.29) is 0 Å². The third-order valence-corrected chi connectivity index (χ3v) is 7.50. The lowest BCUT2D eigenvalue weighted by Gasteiger charge is -2.58. The van der Waals surface area contributed by atoms with E-state index in [1.54, 1.807) is 18.2 Å². The van der Waals surface area contributed by atoms with Crippen LogP contribution in [0.5, 0.6) is 5.75 Å². The molecule has 0 radical (unpaired) electrons. The fraction of sp³-hybridized carbons (Fsp3) is 0.500. The summed E-state index contributed by atoms with van der Waals surface area (Å²) in [5.74, 6) is 1.72. The van der Waals surface area contributed by atoms with E-state index in [0.29, 0.717) is 5.41 Å². The molecule has 1 aliphatic heterocycles. The molecule has 2 fully saturated rings. The van der Waals surface area contributed by atoms with E-state index >= 15 is 0 Å². The van der Waals surface area contributed by atoms with Gasteiger partial charge in [-0.25, -0.2) is 0 Å². The Morgan fingerprint density at radius 2 is 2.00 bits per heavy atom. The lowest BCUT2D eigenvalue weighted by Crippen LogP contribution is -2.59. The molecule has 1 saturated carbocycles. The highest BCUT2D eigenvalue weighted by molar-refractivity contribution is 5.67. The van der Waals surface area contributed by atoms with Crippen molar-refractivity contribution in [3.63, 3.8) is 0 Å². The number of rotatable bonds is 3. The average Bonchev–Trinajstić information content (AvgIpc) is 2.71. The molecule has 0 spiro atoms.